The molecule has 1 heterocycles. The van der Waals surface area contributed by atoms with Crippen LogP contribution in [-0.4, -0.2) is 256 Å². The number of nitrogens with two attached hydrogens (primary N) is 1. The van der Waals surface area contributed by atoms with Gasteiger partial charge in [0.15, 0.2) is 0 Å². The van der Waals surface area contributed by atoms with Gasteiger partial charge in [-0.1, -0.05) is 109 Å². The Hall–Kier alpha value is -6.74. The minimum absolute atomic E-state index is 0.0229. The van der Waals surface area contributed by atoms with Crippen LogP contribution in [0.25, 0.3) is 0 Å². The zero-order chi connectivity index (χ0) is 71.8. The Morgan fingerprint density at radius 3 is 1.35 bits per heavy atom. The Kier molecular flexibility index (Phi) is 36.8. The number of amides is 11. The number of hydrogen-bond donors (Lipinski definition) is 8. The summed E-state index contributed by atoms with van der Waals surface area (Å²) in [6.45, 7) is 28.8. The molecule has 528 valence electrons. The lowest BCUT2D eigenvalue weighted by Gasteiger charge is -2.41. The summed E-state index contributed by atoms with van der Waals surface area (Å²) in [6.07, 6.45) is 3.04. The minimum atomic E-state index is -1.61. The summed E-state index contributed by atoms with van der Waals surface area (Å²) in [7, 11) is 9.92. The Morgan fingerprint density at radius 1 is 0.522 bits per heavy atom. The van der Waals surface area contributed by atoms with Crippen molar-refractivity contribution in [2.24, 2.45) is 47.2 Å². The summed E-state index contributed by atoms with van der Waals surface area (Å²) in [5.74, 6) is -10.9. The number of aliphatic hydroxyl groups excluding tert-OH is 2. The second kappa shape index (κ2) is 39.7. The van der Waals surface area contributed by atoms with Gasteiger partial charge in [0.25, 0.3) is 0 Å². The smallest absolute Gasteiger partial charge is 0.322 e. The van der Waals surface area contributed by atoms with Gasteiger partial charge >= 0.3 is 5.97 Å². The minimum Gasteiger partial charge on any atom is -0.480 e. The zero-order valence-corrected chi connectivity index (χ0v) is 59.7. The Labute approximate surface area is 548 Å². The van der Waals surface area contributed by atoms with Crippen LogP contribution in [0.3, 0.4) is 0 Å². The van der Waals surface area contributed by atoms with Crippen molar-refractivity contribution in [3.05, 3.63) is 12.2 Å². The number of nitrogens with zero attached hydrogens (tertiary/aromatic N) is 7. The number of carbonyl (C=O) groups excluding carboxylic acids is 11. The number of hydrogen-bond acceptors (Lipinski definition) is 15. The molecule has 0 unspecified atom stereocenters. The molecule has 0 saturated carbocycles. The van der Waals surface area contributed by atoms with Gasteiger partial charge < -0.3 is 76.6 Å². The second-order valence-corrected chi connectivity index (χ2v) is 27.2. The molecule has 92 heavy (non-hydrogen) atoms. The van der Waals surface area contributed by atoms with E-state index in [1.165, 1.54) is 87.7 Å². The van der Waals surface area contributed by atoms with Gasteiger partial charge in [-0.2, -0.15) is 0 Å². The van der Waals surface area contributed by atoms with E-state index in [-0.39, 0.29) is 55.8 Å². The molecule has 27 heteroatoms. The number of nitrogens with one attached hydrogen (secondary N) is 4. The topological polar surface area (TPSA) is 362 Å². The molecule has 0 bridgehead atoms. The van der Waals surface area contributed by atoms with Crippen LogP contribution in [0.2, 0.25) is 0 Å². The molecule has 0 spiro atoms. The van der Waals surface area contributed by atoms with E-state index in [1.807, 2.05) is 61.5 Å². The third-order valence-electron chi connectivity index (χ3n) is 16.6. The van der Waals surface area contributed by atoms with E-state index in [0.29, 0.717) is 6.42 Å². The van der Waals surface area contributed by atoms with Crippen molar-refractivity contribution in [2.45, 2.75) is 229 Å². The molecule has 1 aliphatic heterocycles. The Morgan fingerprint density at radius 2 is 0.935 bits per heavy atom. The molecule has 0 radical (unpaired) electrons. The normalized spacial score (nSPS) is 25.9. The first-order valence-corrected chi connectivity index (χ1v) is 32.3. The number of likely N-dealkylation sites (N-methyl/N-ethyl adjacent to an activating group) is 7. The van der Waals surface area contributed by atoms with E-state index in [9.17, 15) is 53.1 Å². The maximum atomic E-state index is 15.1. The van der Waals surface area contributed by atoms with Crippen LogP contribution in [0.15, 0.2) is 12.2 Å². The lowest BCUT2D eigenvalue weighted by Crippen LogP contribution is -2.63. The molecule has 13 atom stereocenters. The molecule has 11 amide bonds. The highest BCUT2D eigenvalue weighted by molar-refractivity contribution is 5.99. The molecular weight excluding hydrogens is 1190 g/mol. The summed E-state index contributed by atoms with van der Waals surface area (Å²) in [5.41, 5.74) is 4.77. The summed E-state index contributed by atoms with van der Waals surface area (Å²) in [4.78, 5) is 178. The van der Waals surface area contributed by atoms with E-state index < -0.39 is 174 Å². The average molecular weight is 1310 g/mol. The SMILES string of the molecule is C/C=C/C[C@@H](C)[C@@H](O)[C@H]1C(=O)N[C@@H](CC)C(=O)N(C)CC(=O)N(C)[C@@H](CC(C)C)C(=O)N[C@@H](C(C)C)C(=O)N(C)[C@@H](CC(C)C)C(=O)N[C@@H](C)C(=O)N[C@H](C)C(=O)N(C)[C@@H](CC(C)C)C(=O)N(C)[C@@H](CC(C)C)C(=O)N(C)[C@@H](C(C)C)C(=O)N1C.N[C@H](CO)C(=O)O. The number of carboxylic acids is 1. The molecule has 1 fully saturated rings. The van der Waals surface area contributed by atoms with Crippen molar-refractivity contribution in [3.8, 4) is 0 Å². The van der Waals surface area contributed by atoms with Crippen LogP contribution in [0.5, 0.6) is 0 Å². The molecule has 1 saturated heterocycles. The van der Waals surface area contributed by atoms with Gasteiger partial charge in [0.05, 0.1) is 19.3 Å². The summed E-state index contributed by atoms with van der Waals surface area (Å²) < 4.78 is 0. The van der Waals surface area contributed by atoms with Crippen molar-refractivity contribution in [2.75, 3.05) is 62.5 Å². The van der Waals surface area contributed by atoms with Crippen LogP contribution >= 0.6 is 0 Å². The highest BCUT2D eigenvalue weighted by atomic mass is 16.4. The number of carboxylic acid groups (broad SMARTS) is 1. The Balaban J connectivity index is 0.0000111. The third kappa shape index (κ3) is 25.3. The lowest BCUT2D eigenvalue weighted by molar-refractivity contribution is -0.157. The van der Waals surface area contributed by atoms with Crippen LogP contribution in [-0.2, 0) is 57.5 Å². The van der Waals surface area contributed by atoms with Gasteiger partial charge in [0, 0.05) is 49.3 Å². The number of carbonyl (C=O) groups is 12. The Bertz CT molecular complexity index is 2510. The summed E-state index contributed by atoms with van der Waals surface area (Å²) >= 11 is 0. The van der Waals surface area contributed by atoms with Crippen molar-refractivity contribution >= 4 is 70.9 Å². The van der Waals surface area contributed by atoms with Gasteiger partial charge in [-0.05, 0) is 101 Å². The highest BCUT2D eigenvalue weighted by Crippen LogP contribution is 2.26. The van der Waals surface area contributed by atoms with Gasteiger partial charge in [-0.15, -0.1) is 0 Å². The van der Waals surface area contributed by atoms with Crippen LogP contribution in [0.1, 0.15) is 156 Å². The summed E-state index contributed by atoms with van der Waals surface area (Å²) in [5, 5.41) is 39.0. The third-order valence-corrected chi connectivity index (χ3v) is 16.6. The van der Waals surface area contributed by atoms with Gasteiger partial charge in [0.2, 0.25) is 65.0 Å². The first-order valence-electron chi connectivity index (χ1n) is 32.3. The van der Waals surface area contributed by atoms with E-state index >= 15 is 9.59 Å². The highest BCUT2D eigenvalue weighted by Gasteiger charge is 2.46. The van der Waals surface area contributed by atoms with Gasteiger partial charge in [0.1, 0.15) is 66.5 Å². The molecule has 1 rings (SSSR count). The number of aliphatic hydroxyl groups is 2. The summed E-state index contributed by atoms with van der Waals surface area (Å²) in [6, 6.07) is -13.5. The molecule has 27 nitrogen and oxygen atoms in total. The standard InChI is InChI=1S/C62H111N11O12.C3H7NO3/c1-25-27-28-40(15)52(75)51-56(79)65-43(26-2)58(81)67(18)33-48(74)68(19)44(29-34(3)4)55(78)66-49(38(11)12)61(84)69(20)45(30-35(5)6)54(77)63-41(16)53(76)64-42(17)57(80)70(21)46(31-36(7)8)59(82)71(22)47(32-37(9)10)60(83)72(23)50(39(13)14)62(85)73(51)24;4-2(1-5)3(6)7/h25,27,34-47,49-52,75H,26,28-33H2,1-24H3,(H,63,77)(H,64,76)(H,65,79)(H,66,78);2,5H,1,4H2,(H,6,7)/b27-25+;/t40-,41+,42-,43+,44+,45+,46+,47+,49+,50+,51+,52-;2-/m11/s1. The predicted molar refractivity (Wildman–Crippen MR) is 351 cm³/mol. The van der Waals surface area contributed by atoms with E-state index in [0.717, 1.165) is 9.80 Å². The van der Waals surface area contributed by atoms with E-state index in [1.54, 1.807) is 54.5 Å². The molecule has 0 aromatic rings. The van der Waals surface area contributed by atoms with Gasteiger partial charge in [-0.25, -0.2) is 0 Å². The predicted octanol–water partition coefficient (Wildman–Crippen LogP) is 1.66. The fourth-order valence-corrected chi connectivity index (χ4v) is 10.8. The molecule has 0 aromatic heterocycles. The fourth-order valence-electron chi connectivity index (χ4n) is 10.8. The molecule has 1 aliphatic rings. The van der Waals surface area contributed by atoms with Crippen LogP contribution in [0.4, 0.5) is 0 Å². The number of rotatable bonds is 17. The van der Waals surface area contributed by atoms with Gasteiger partial charge in [-0.3, -0.25) is 57.5 Å². The zero-order valence-electron chi connectivity index (χ0n) is 59.7. The number of allylic oxidation sites excluding steroid dienone is 2. The molecular formula is C65H118N12O15. The average Bonchev–Trinajstić information content (AvgIpc) is 0.813. The molecule has 0 aromatic carbocycles. The van der Waals surface area contributed by atoms with Crippen molar-refractivity contribution in [1.29, 1.82) is 0 Å². The lowest BCUT2D eigenvalue weighted by atomic mass is 9.91. The maximum absolute atomic E-state index is 15.1. The maximum Gasteiger partial charge on any atom is 0.322 e. The van der Waals surface area contributed by atoms with Crippen LogP contribution in [0, 0.1) is 41.4 Å². The van der Waals surface area contributed by atoms with E-state index in [4.69, 9.17) is 15.9 Å². The van der Waals surface area contributed by atoms with Crippen LogP contribution < -0.4 is 27.0 Å². The second-order valence-electron chi connectivity index (χ2n) is 27.2. The molecule has 9 N–H and O–H groups in total. The first kappa shape index (κ1) is 85.3. The first-order chi connectivity index (χ1) is 42.4. The molecule has 0 aliphatic carbocycles. The monoisotopic (exact) mass is 1310 g/mol. The van der Waals surface area contributed by atoms with Crippen molar-refractivity contribution in [1.82, 2.24) is 55.6 Å². The van der Waals surface area contributed by atoms with Crippen molar-refractivity contribution in [3.63, 3.8) is 0 Å². The van der Waals surface area contributed by atoms with E-state index in [2.05, 4.69) is 21.3 Å². The fraction of sp³-hybridized carbons (Fsp3) is 0.785. The largest absolute Gasteiger partial charge is 0.480 e. The quantitative estimate of drug-likeness (QED) is 0.0960. The number of aliphatic carboxylic acids is 1. The van der Waals surface area contributed by atoms with Crippen molar-refractivity contribution < 1.29 is 72.9 Å².